The van der Waals surface area contributed by atoms with Crippen LogP contribution in [-0.4, -0.2) is 20.1 Å². The molecule has 0 radical (unpaired) electrons. The lowest BCUT2D eigenvalue weighted by Crippen LogP contribution is -2.10. The lowest BCUT2D eigenvalue weighted by Gasteiger charge is -2.18. The molecular formula is C17H19N3O. The fourth-order valence-electron chi connectivity index (χ4n) is 2.28. The Balaban J connectivity index is 2.15. The molecule has 3 aromatic rings. The molecule has 1 N–H and O–H groups in total. The van der Waals surface area contributed by atoms with Crippen LogP contribution in [0.3, 0.4) is 0 Å². The number of phenols is 1. The first-order valence-electron chi connectivity index (χ1n) is 7.02. The van der Waals surface area contributed by atoms with Gasteiger partial charge in [-0.2, -0.15) is 0 Å². The van der Waals surface area contributed by atoms with Gasteiger partial charge in [0.2, 0.25) is 0 Å². The Kier molecular flexibility index (Phi) is 2.97. The minimum atomic E-state index is 0.0729. The van der Waals surface area contributed by atoms with Gasteiger partial charge >= 0.3 is 0 Å². The molecule has 0 aliphatic rings. The van der Waals surface area contributed by atoms with Crippen LogP contribution in [0.5, 0.6) is 5.75 Å². The molecule has 108 valence electrons. The highest BCUT2D eigenvalue weighted by molar-refractivity contribution is 5.75. The van der Waals surface area contributed by atoms with Crippen LogP contribution in [0.15, 0.2) is 36.4 Å². The predicted octanol–water partition coefficient (Wildman–Crippen LogP) is 3.73. The summed E-state index contributed by atoms with van der Waals surface area (Å²) in [4.78, 5) is 1.50. The quantitative estimate of drug-likeness (QED) is 0.739. The number of aryl methyl sites for hydroxylation is 1. The molecule has 0 saturated carbocycles. The van der Waals surface area contributed by atoms with Crippen molar-refractivity contribution in [3.8, 4) is 11.4 Å². The molecule has 0 unspecified atom stereocenters. The van der Waals surface area contributed by atoms with E-state index in [1.54, 1.807) is 6.07 Å². The number of benzene rings is 2. The number of phenolic OH excluding ortho intramolecular Hbond substituents is 1. The summed E-state index contributed by atoms with van der Waals surface area (Å²) in [6.45, 7) is 8.49. The Hall–Kier alpha value is -2.36. The average Bonchev–Trinajstić information content (AvgIpc) is 2.83. The summed E-state index contributed by atoms with van der Waals surface area (Å²) in [6, 6.07) is 11.5. The molecule has 0 spiro atoms. The van der Waals surface area contributed by atoms with Gasteiger partial charge in [-0.1, -0.05) is 32.9 Å². The van der Waals surface area contributed by atoms with Gasteiger partial charge in [-0.15, -0.1) is 15.0 Å². The molecule has 21 heavy (non-hydrogen) atoms. The Bertz CT molecular complexity index is 813. The third-order valence-electron chi connectivity index (χ3n) is 3.59. The normalized spacial score (nSPS) is 12.0. The lowest BCUT2D eigenvalue weighted by atomic mass is 9.87. The van der Waals surface area contributed by atoms with E-state index in [1.807, 2.05) is 25.1 Å². The van der Waals surface area contributed by atoms with Crippen LogP contribution in [-0.2, 0) is 5.41 Å². The molecule has 3 rings (SSSR count). The third kappa shape index (κ3) is 2.49. The molecule has 0 saturated heterocycles. The van der Waals surface area contributed by atoms with E-state index in [4.69, 9.17) is 0 Å². The van der Waals surface area contributed by atoms with Crippen LogP contribution in [0, 0.1) is 6.92 Å². The second-order valence-electron chi connectivity index (χ2n) is 6.44. The van der Waals surface area contributed by atoms with Crippen molar-refractivity contribution in [3.05, 3.63) is 47.5 Å². The average molecular weight is 281 g/mol. The molecule has 1 aromatic heterocycles. The summed E-state index contributed by atoms with van der Waals surface area (Å²) in [6.07, 6.45) is 0. The van der Waals surface area contributed by atoms with Gasteiger partial charge in [0.1, 0.15) is 22.5 Å². The second-order valence-corrected chi connectivity index (χ2v) is 6.44. The lowest BCUT2D eigenvalue weighted by molar-refractivity contribution is 0.467. The van der Waals surface area contributed by atoms with E-state index in [1.165, 1.54) is 10.4 Å². The molecular weight excluding hydrogens is 262 g/mol. The highest BCUT2D eigenvalue weighted by Crippen LogP contribution is 2.26. The molecule has 0 atom stereocenters. The molecule has 0 amide bonds. The Morgan fingerprint density at radius 2 is 1.67 bits per heavy atom. The molecule has 4 heteroatoms. The van der Waals surface area contributed by atoms with Crippen LogP contribution in [0.1, 0.15) is 31.9 Å². The first kappa shape index (κ1) is 13.6. The minimum Gasteiger partial charge on any atom is -0.506 e. The Morgan fingerprint density at radius 1 is 0.952 bits per heavy atom. The van der Waals surface area contributed by atoms with E-state index in [0.29, 0.717) is 5.69 Å². The largest absolute Gasteiger partial charge is 0.506 e. The van der Waals surface area contributed by atoms with E-state index in [-0.39, 0.29) is 11.2 Å². The first-order chi connectivity index (χ1) is 9.84. The van der Waals surface area contributed by atoms with E-state index in [0.717, 1.165) is 16.6 Å². The van der Waals surface area contributed by atoms with Gasteiger partial charge in [0, 0.05) is 0 Å². The van der Waals surface area contributed by atoms with Gasteiger partial charge < -0.3 is 5.11 Å². The summed E-state index contributed by atoms with van der Waals surface area (Å²) >= 11 is 0. The van der Waals surface area contributed by atoms with Crippen molar-refractivity contribution in [1.29, 1.82) is 0 Å². The highest BCUT2D eigenvalue weighted by Gasteiger charge is 2.16. The van der Waals surface area contributed by atoms with Gasteiger partial charge in [0.25, 0.3) is 0 Å². The first-order valence-corrected chi connectivity index (χ1v) is 7.02. The molecule has 0 aliphatic heterocycles. The summed E-state index contributed by atoms with van der Waals surface area (Å²) in [7, 11) is 0. The van der Waals surface area contributed by atoms with Crippen molar-refractivity contribution in [2.45, 2.75) is 33.1 Å². The maximum Gasteiger partial charge on any atom is 0.143 e. The third-order valence-corrected chi connectivity index (χ3v) is 3.59. The zero-order valence-corrected chi connectivity index (χ0v) is 12.8. The van der Waals surface area contributed by atoms with E-state index in [2.05, 4.69) is 43.1 Å². The number of rotatable bonds is 1. The monoisotopic (exact) mass is 281 g/mol. The molecule has 2 aromatic carbocycles. The summed E-state index contributed by atoms with van der Waals surface area (Å²) < 4.78 is 0. The number of fused-ring (bicyclic) bond motifs is 1. The zero-order chi connectivity index (χ0) is 15.2. The van der Waals surface area contributed by atoms with Crippen LogP contribution in [0.25, 0.3) is 16.7 Å². The maximum atomic E-state index is 10.00. The van der Waals surface area contributed by atoms with Crippen LogP contribution in [0.4, 0.5) is 0 Å². The van der Waals surface area contributed by atoms with Crippen LogP contribution < -0.4 is 0 Å². The van der Waals surface area contributed by atoms with Crippen molar-refractivity contribution in [3.63, 3.8) is 0 Å². The number of aromatic hydroxyl groups is 1. The molecule has 0 fully saturated rings. The van der Waals surface area contributed by atoms with E-state index in [9.17, 15) is 5.11 Å². The number of aromatic nitrogens is 3. The predicted molar refractivity (Wildman–Crippen MR) is 84.0 cm³/mol. The Morgan fingerprint density at radius 3 is 2.38 bits per heavy atom. The van der Waals surface area contributed by atoms with Gasteiger partial charge in [0.05, 0.1) is 0 Å². The second kappa shape index (κ2) is 4.58. The van der Waals surface area contributed by atoms with Crippen molar-refractivity contribution in [1.82, 2.24) is 15.0 Å². The standard InChI is InChI=1S/C17H19N3O/c1-11-5-8-16(21)15(9-11)20-18-13-7-6-12(17(2,3)4)10-14(13)19-20/h5-10,21H,1-4H3. The van der Waals surface area contributed by atoms with Crippen molar-refractivity contribution >= 4 is 11.0 Å². The van der Waals surface area contributed by atoms with Crippen molar-refractivity contribution in [2.24, 2.45) is 0 Å². The summed E-state index contributed by atoms with van der Waals surface area (Å²) in [5.41, 5.74) is 4.61. The van der Waals surface area contributed by atoms with Crippen LogP contribution >= 0.6 is 0 Å². The topological polar surface area (TPSA) is 50.9 Å². The van der Waals surface area contributed by atoms with Gasteiger partial charge in [-0.05, 0) is 47.7 Å². The van der Waals surface area contributed by atoms with Gasteiger partial charge in [-0.25, -0.2) is 0 Å². The summed E-state index contributed by atoms with van der Waals surface area (Å²) in [5, 5.41) is 19.0. The van der Waals surface area contributed by atoms with Gasteiger partial charge in [-0.3, -0.25) is 0 Å². The SMILES string of the molecule is Cc1ccc(O)c(-n2nc3ccc(C(C)(C)C)cc3n2)c1. The number of nitrogens with zero attached hydrogens (tertiary/aromatic N) is 3. The van der Waals surface area contributed by atoms with E-state index >= 15 is 0 Å². The van der Waals surface area contributed by atoms with Crippen molar-refractivity contribution < 1.29 is 5.11 Å². The molecule has 4 nitrogen and oxygen atoms in total. The highest BCUT2D eigenvalue weighted by atomic mass is 16.3. The fraction of sp³-hybridized carbons (Fsp3) is 0.294. The smallest absolute Gasteiger partial charge is 0.143 e. The molecule has 1 heterocycles. The Labute approximate surface area is 124 Å². The summed E-state index contributed by atoms with van der Waals surface area (Å²) in [5.74, 6) is 0.178. The van der Waals surface area contributed by atoms with Crippen molar-refractivity contribution in [2.75, 3.05) is 0 Å². The fourth-order valence-corrected chi connectivity index (χ4v) is 2.28. The van der Waals surface area contributed by atoms with E-state index < -0.39 is 0 Å². The zero-order valence-electron chi connectivity index (χ0n) is 12.8. The minimum absolute atomic E-state index is 0.0729. The number of hydrogen-bond donors (Lipinski definition) is 1. The maximum absolute atomic E-state index is 10.00. The van der Waals surface area contributed by atoms with Gasteiger partial charge in [0.15, 0.2) is 0 Å². The molecule has 0 aliphatic carbocycles. The molecule has 0 bridgehead atoms. The number of hydrogen-bond acceptors (Lipinski definition) is 3. The van der Waals surface area contributed by atoms with Crippen LogP contribution in [0.2, 0.25) is 0 Å².